The van der Waals surface area contributed by atoms with Crippen LogP contribution in [0.1, 0.15) is 0 Å². The molecule has 22 heteroatoms. The lowest BCUT2D eigenvalue weighted by atomic mass is 9.91. The monoisotopic (exact) mass is 604 g/mol. The Morgan fingerprint density at radius 2 is 1.08 bits per heavy atom. The van der Waals surface area contributed by atoms with Crippen LogP contribution in [0.25, 0.3) is 0 Å². The van der Waals surface area contributed by atoms with Crippen LogP contribution in [-0.4, -0.2) is 54.7 Å². The smallest absolute Gasteiger partial charge is 0.430 e. The minimum Gasteiger partial charge on any atom is -0.430 e. The Bertz CT molecular complexity index is 1150. The van der Waals surface area contributed by atoms with Gasteiger partial charge >= 0.3 is 47.7 Å². The van der Waals surface area contributed by atoms with E-state index in [1.807, 2.05) is 0 Å². The van der Waals surface area contributed by atoms with E-state index in [1.165, 1.54) is 0 Å². The molecule has 1 aromatic rings. The minimum atomic E-state index is -8.71. The summed E-state index contributed by atoms with van der Waals surface area (Å²) in [6.45, 7) is 0. The molecule has 0 fully saturated rings. The molecule has 1 aromatic carbocycles. The standard InChI is InChI=1S/C15H5F17O4S/c16-7(8(17)36-5-2-1-3-6(4-5)37(33,34)35)9(18,19)10(20,21)11(22,23)12(24,25)13(26,27)14(28,29)15(30,31)32/h1-4H,(H,33,34,35)/b8-7-. The molecule has 0 spiro atoms. The second-order valence-electron chi connectivity index (χ2n) is 6.58. The van der Waals surface area contributed by atoms with Gasteiger partial charge in [0.25, 0.3) is 10.1 Å². The average Bonchev–Trinajstić information content (AvgIpc) is 2.71. The van der Waals surface area contributed by atoms with Crippen molar-refractivity contribution in [2.24, 2.45) is 0 Å². The lowest BCUT2D eigenvalue weighted by molar-refractivity contribution is -0.451. The van der Waals surface area contributed by atoms with Gasteiger partial charge in [-0.15, -0.1) is 0 Å². The molecule has 0 saturated heterocycles. The molecule has 0 aromatic heterocycles. The normalized spacial score (nSPS) is 15.9. The van der Waals surface area contributed by atoms with Gasteiger partial charge in [-0.05, 0) is 12.1 Å². The van der Waals surface area contributed by atoms with Crippen LogP contribution in [-0.2, 0) is 10.1 Å². The molecule has 0 radical (unpaired) electrons. The van der Waals surface area contributed by atoms with Crippen LogP contribution in [0.4, 0.5) is 74.6 Å². The van der Waals surface area contributed by atoms with Crippen LogP contribution < -0.4 is 4.74 Å². The SMILES string of the molecule is O=S(=O)(O)c1cccc(O/C(F)=C(\F)C(F)(F)C(F)(F)C(F)(F)C(F)(F)C(F)(F)C(F)(F)C(F)(F)F)c1. The van der Waals surface area contributed by atoms with Gasteiger partial charge in [-0.2, -0.15) is 83.1 Å². The van der Waals surface area contributed by atoms with Gasteiger partial charge in [-0.25, -0.2) is 0 Å². The van der Waals surface area contributed by atoms with Crippen LogP contribution in [0.15, 0.2) is 41.0 Å². The highest BCUT2D eigenvalue weighted by Crippen LogP contribution is 2.63. The summed E-state index contributed by atoms with van der Waals surface area (Å²) in [4.78, 5) is -1.27. The fraction of sp³-hybridized carbons (Fsp3) is 0.467. The first-order chi connectivity index (χ1) is 16.0. The van der Waals surface area contributed by atoms with Crippen LogP contribution in [0, 0.1) is 0 Å². The van der Waals surface area contributed by atoms with Gasteiger partial charge in [0, 0.05) is 6.07 Å². The Kier molecular flexibility index (Phi) is 7.95. The molecule has 0 aliphatic carbocycles. The first-order valence-corrected chi connectivity index (χ1v) is 9.60. The predicted octanol–water partition coefficient (Wildman–Crippen LogP) is 6.79. The van der Waals surface area contributed by atoms with E-state index in [2.05, 4.69) is 4.74 Å². The largest absolute Gasteiger partial charge is 0.460 e. The van der Waals surface area contributed by atoms with E-state index in [0.29, 0.717) is 18.2 Å². The van der Waals surface area contributed by atoms with E-state index < -0.39 is 74.3 Å². The highest BCUT2D eigenvalue weighted by atomic mass is 32.2. The molecule has 0 unspecified atom stereocenters. The summed E-state index contributed by atoms with van der Waals surface area (Å²) in [5.74, 6) is -56.4. The van der Waals surface area contributed by atoms with E-state index in [-0.39, 0.29) is 6.07 Å². The number of hydrogen-bond acceptors (Lipinski definition) is 3. The van der Waals surface area contributed by atoms with Gasteiger partial charge in [0.15, 0.2) is 0 Å². The zero-order chi connectivity index (χ0) is 29.8. The van der Waals surface area contributed by atoms with Crippen molar-refractivity contribution in [2.45, 2.75) is 46.6 Å². The molecule has 214 valence electrons. The Labute approximate surface area is 192 Å². The molecule has 1 rings (SSSR count). The van der Waals surface area contributed by atoms with E-state index in [1.54, 1.807) is 0 Å². The highest BCUT2D eigenvalue weighted by Gasteiger charge is 2.93. The molecule has 0 heterocycles. The van der Waals surface area contributed by atoms with E-state index in [0.717, 1.165) is 0 Å². The Morgan fingerprint density at radius 3 is 1.49 bits per heavy atom. The quantitative estimate of drug-likeness (QED) is 0.192. The number of allylic oxidation sites excluding steroid dienone is 1. The third kappa shape index (κ3) is 5.00. The van der Waals surface area contributed by atoms with Crippen molar-refractivity contribution in [3.8, 4) is 5.75 Å². The molecule has 0 amide bonds. The van der Waals surface area contributed by atoms with Gasteiger partial charge in [0.2, 0.25) is 5.83 Å². The maximum atomic E-state index is 13.7. The Hall–Kier alpha value is -2.52. The number of ether oxygens (including phenoxy) is 1. The first-order valence-electron chi connectivity index (χ1n) is 8.16. The molecule has 0 aliphatic heterocycles. The van der Waals surface area contributed by atoms with E-state index in [9.17, 15) is 83.1 Å². The van der Waals surface area contributed by atoms with Gasteiger partial charge in [0.05, 0.1) is 4.90 Å². The third-order valence-corrected chi connectivity index (χ3v) is 4.94. The predicted molar refractivity (Wildman–Crippen MR) is 81.9 cm³/mol. The summed E-state index contributed by atoms with van der Waals surface area (Å²) in [6.07, 6.45) is -7.84. The van der Waals surface area contributed by atoms with E-state index in [4.69, 9.17) is 4.55 Å². The van der Waals surface area contributed by atoms with Crippen molar-refractivity contribution in [3.05, 3.63) is 36.1 Å². The van der Waals surface area contributed by atoms with Crippen molar-refractivity contribution < 1.29 is 92.3 Å². The van der Waals surface area contributed by atoms with Gasteiger partial charge in [0.1, 0.15) is 5.75 Å². The second kappa shape index (κ2) is 9.05. The maximum Gasteiger partial charge on any atom is 0.460 e. The zero-order valence-electron chi connectivity index (χ0n) is 16.3. The minimum absolute atomic E-state index is 0.0407. The van der Waals surface area contributed by atoms with Crippen LogP contribution >= 0.6 is 0 Å². The van der Waals surface area contributed by atoms with Crippen molar-refractivity contribution in [1.82, 2.24) is 0 Å². The van der Waals surface area contributed by atoms with Crippen molar-refractivity contribution in [2.75, 3.05) is 0 Å². The number of hydrogen-bond donors (Lipinski definition) is 1. The van der Waals surface area contributed by atoms with Crippen LogP contribution in [0.3, 0.4) is 0 Å². The van der Waals surface area contributed by atoms with Gasteiger partial charge in [-0.1, -0.05) is 6.07 Å². The summed E-state index contributed by atoms with van der Waals surface area (Å²) in [5, 5.41) is 0. The Morgan fingerprint density at radius 1 is 0.676 bits per heavy atom. The topological polar surface area (TPSA) is 63.6 Å². The number of benzene rings is 1. The van der Waals surface area contributed by atoms with Crippen LogP contribution in [0.2, 0.25) is 0 Å². The lowest BCUT2D eigenvalue weighted by Gasteiger charge is -2.41. The molecule has 0 saturated carbocycles. The number of halogens is 17. The summed E-state index contributed by atoms with van der Waals surface area (Å²) in [6, 6.07) is -2.54. The molecule has 37 heavy (non-hydrogen) atoms. The second-order valence-corrected chi connectivity index (χ2v) is 8.01. The summed E-state index contributed by atoms with van der Waals surface area (Å²) in [7, 11) is -5.18. The first kappa shape index (κ1) is 32.5. The summed E-state index contributed by atoms with van der Waals surface area (Å²) in [5.41, 5.74) is 0. The highest BCUT2D eigenvalue weighted by molar-refractivity contribution is 7.85. The molecule has 0 atom stereocenters. The van der Waals surface area contributed by atoms with Crippen molar-refractivity contribution >= 4 is 10.1 Å². The van der Waals surface area contributed by atoms with Crippen LogP contribution in [0.5, 0.6) is 5.75 Å². The molecule has 4 nitrogen and oxygen atoms in total. The molecule has 0 bridgehead atoms. The molecular formula is C15H5F17O4S. The zero-order valence-corrected chi connectivity index (χ0v) is 17.1. The lowest BCUT2D eigenvalue weighted by Crippen LogP contribution is -2.72. The Balaban J connectivity index is 3.62. The van der Waals surface area contributed by atoms with E-state index >= 15 is 0 Å². The average molecular weight is 604 g/mol. The molecular weight excluding hydrogens is 599 g/mol. The fourth-order valence-electron chi connectivity index (χ4n) is 2.07. The van der Waals surface area contributed by atoms with Crippen molar-refractivity contribution in [1.29, 1.82) is 0 Å². The van der Waals surface area contributed by atoms with Gasteiger partial charge < -0.3 is 4.74 Å². The summed E-state index contributed by atoms with van der Waals surface area (Å²) < 4.78 is 257. The molecule has 0 aliphatic rings. The van der Waals surface area contributed by atoms with Gasteiger partial charge in [-0.3, -0.25) is 4.55 Å². The molecule has 1 N–H and O–H groups in total. The maximum absolute atomic E-state index is 13.7. The fourth-order valence-corrected chi connectivity index (χ4v) is 2.59. The summed E-state index contributed by atoms with van der Waals surface area (Å²) >= 11 is 0. The number of rotatable bonds is 9. The number of alkyl halides is 15. The third-order valence-electron chi connectivity index (χ3n) is 4.09. The van der Waals surface area contributed by atoms with Crippen molar-refractivity contribution in [3.63, 3.8) is 0 Å².